The molecule has 1 aliphatic heterocycles. The van der Waals surface area contributed by atoms with Gasteiger partial charge in [-0.05, 0) is 92.2 Å². The van der Waals surface area contributed by atoms with Crippen molar-refractivity contribution in [2.75, 3.05) is 0 Å². The average molecular weight is 704 g/mol. The van der Waals surface area contributed by atoms with Crippen LogP contribution in [0.15, 0.2) is 198 Å². The number of hydrogen-bond acceptors (Lipinski definition) is 4. The predicted octanol–water partition coefficient (Wildman–Crippen LogP) is 11.8. The highest BCUT2D eigenvalue weighted by atomic mass is 15.2. The van der Waals surface area contributed by atoms with E-state index in [9.17, 15) is 0 Å². The number of aliphatic imine (C=N–C) groups is 2. The SMILES string of the molecule is c1ccc(C2=NC(c3ccccc3)NC(c3cc(-c4ccc5c(c4)c4cccnc4n5-c4ccccc4)cc4c5ccccc5c5ccccc5c34)=N2)cc1. The number of nitrogens with one attached hydrogen (secondary N) is 1. The lowest BCUT2D eigenvalue weighted by molar-refractivity contribution is 0.674. The summed E-state index contributed by atoms with van der Waals surface area (Å²) < 4.78 is 2.26. The fourth-order valence-electron chi connectivity index (χ4n) is 8.36. The first-order valence-corrected chi connectivity index (χ1v) is 18.6. The minimum atomic E-state index is -0.317. The molecule has 0 saturated heterocycles. The molecule has 5 nitrogen and oxygen atoms in total. The summed E-state index contributed by atoms with van der Waals surface area (Å²) in [6.45, 7) is 0. The number of aromatic nitrogens is 2. The third-order valence-electron chi connectivity index (χ3n) is 10.9. The first-order valence-electron chi connectivity index (χ1n) is 18.6. The van der Waals surface area contributed by atoms with Crippen LogP contribution in [0.5, 0.6) is 0 Å². The van der Waals surface area contributed by atoms with E-state index in [0.717, 1.165) is 66.7 Å². The maximum absolute atomic E-state index is 5.34. The second kappa shape index (κ2) is 12.6. The zero-order valence-electron chi connectivity index (χ0n) is 29.8. The molecule has 10 aromatic rings. The maximum Gasteiger partial charge on any atom is 0.159 e. The molecule has 55 heavy (non-hydrogen) atoms. The van der Waals surface area contributed by atoms with E-state index in [2.05, 4.69) is 162 Å². The Morgan fingerprint density at radius 3 is 1.85 bits per heavy atom. The molecule has 0 saturated carbocycles. The summed E-state index contributed by atoms with van der Waals surface area (Å²) in [7, 11) is 0. The molecule has 1 unspecified atom stereocenters. The molecule has 1 atom stereocenters. The highest BCUT2D eigenvalue weighted by molar-refractivity contribution is 6.31. The van der Waals surface area contributed by atoms with Crippen LogP contribution in [-0.2, 0) is 0 Å². The van der Waals surface area contributed by atoms with Crippen LogP contribution >= 0.6 is 0 Å². The zero-order valence-corrected chi connectivity index (χ0v) is 29.8. The van der Waals surface area contributed by atoms with Gasteiger partial charge in [-0.2, -0.15) is 0 Å². The Balaban J connectivity index is 1.21. The molecule has 8 aromatic carbocycles. The fourth-order valence-corrected chi connectivity index (χ4v) is 8.36. The molecule has 3 heterocycles. The Bertz CT molecular complexity index is 3160. The second-order valence-electron chi connectivity index (χ2n) is 14.1. The molecule has 11 rings (SSSR count). The Morgan fingerprint density at radius 2 is 1.09 bits per heavy atom. The molecule has 1 N–H and O–H groups in total. The van der Waals surface area contributed by atoms with Crippen LogP contribution in [0.1, 0.15) is 22.9 Å². The quantitative estimate of drug-likeness (QED) is 0.181. The molecule has 0 bridgehead atoms. The molecule has 0 fully saturated rings. The van der Waals surface area contributed by atoms with E-state index in [1.165, 1.54) is 26.9 Å². The van der Waals surface area contributed by atoms with Gasteiger partial charge in [0.25, 0.3) is 0 Å². The van der Waals surface area contributed by atoms with Gasteiger partial charge in [-0.3, -0.25) is 4.57 Å². The summed E-state index contributed by atoms with van der Waals surface area (Å²) in [5.74, 6) is 1.50. The van der Waals surface area contributed by atoms with Crippen molar-refractivity contribution in [1.82, 2.24) is 14.9 Å². The van der Waals surface area contributed by atoms with E-state index >= 15 is 0 Å². The number of benzene rings is 8. The zero-order chi connectivity index (χ0) is 36.3. The summed E-state index contributed by atoms with van der Waals surface area (Å²) in [6.07, 6.45) is 1.56. The Labute approximate surface area is 317 Å². The lowest BCUT2D eigenvalue weighted by Crippen LogP contribution is -2.33. The smallest absolute Gasteiger partial charge is 0.159 e. The topological polar surface area (TPSA) is 54.6 Å². The van der Waals surface area contributed by atoms with Gasteiger partial charge in [0, 0.05) is 39.2 Å². The van der Waals surface area contributed by atoms with Crippen molar-refractivity contribution < 1.29 is 0 Å². The van der Waals surface area contributed by atoms with Crippen molar-refractivity contribution in [3.8, 4) is 16.8 Å². The molecular formula is C50H33N5. The van der Waals surface area contributed by atoms with Crippen molar-refractivity contribution in [3.63, 3.8) is 0 Å². The highest BCUT2D eigenvalue weighted by Crippen LogP contribution is 2.41. The number of amidine groups is 2. The number of para-hydroxylation sites is 1. The van der Waals surface area contributed by atoms with E-state index < -0.39 is 0 Å². The van der Waals surface area contributed by atoms with Crippen molar-refractivity contribution in [1.29, 1.82) is 0 Å². The van der Waals surface area contributed by atoms with Crippen LogP contribution in [0.2, 0.25) is 0 Å². The number of rotatable bonds is 5. The van der Waals surface area contributed by atoms with Gasteiger partial charge in [0.15, 0.2) is 5.84 Å². The van der Waals surface area contributed by atoms with Gasteiger partial charge in [-0.1, -0.05) is 133 Å². The molecule has 5 heteroatoms. The molecule has 2 aromatic heterocycles. The molecule has 0 aliphatic carbocycles. The first kappa shape index (κ1) is 31.2. The number of hydrogen-bond donors (Lipinski definition) is 1. The van der Waals surface area contributed by atoms with Crippen LogP contribution in [0.4, 0.5) is 0 Å². The Hall–Kier alpha value is -7.37. The third kappa shape index (κ3) is 5.12. The van der Waals surface area contributed by atoms with Crippen molar-refractivity contribution in [2.24, 2.45) is 9.98 Å². The highest BCUT2D eigenvalue weighted by Gasteiger charge is 2.25. The Morgan fingerprint density at radius 1 is 0.473 bits per heavy atom. The number of nitrogens with zero attached hydrogens (tertiary/aromatic N) is 4. The van der Waals surface area contributed by atoms with Gasteiger partial charge in [-0.15, -0.1) is 0 Å². The largest absolute Gasteiger partial charge is 0.344 e. The average Bonchev–Trinajstić information content (AvgIpc) is 3.60. The van der Waals surface area contributed by atoms with Crippen LogP contribution in [0, 0.1) is 0 Å². The van der Waals surface area contributed by atoms with E-state index in [0.29, 0.717) is 5.84 Å². The van der Waals surface area contributed by atoms with Gasteiger partial charge in [0.05, 0.1) is 5.52 Å². The molecule has 0 spiro atoms. The monoisotopic (exact) mass is 703 g/mol. The van der Waals surface area contributed by atoms with E-state index in [1.54, 1.807) is 0 Å². The summed E-state index contributed by atoms with van der Waals surface area (Å²) in [4.78, 5) is 15.4. The summed E-state index contributed by atoms with van der Waals surface area (Å²) >= 11 is 0. The van der Waals surface area contributed by atoms with E-state index in [4.69, 9.17) is 15.0 Å². The Kier molecular flexibility index (Phi) is 7.17. The minimum Gasteiger partial charge on any atom is -0.344 e. The molecule has 0 radical (unpaired) electrons. The van der Waals surface area contributed by atoms with Crippen LogP contribution in [0.25, 0.3) is 71.1 Å². The number of fused-ring (bicyclic) bond motifs is 9. The van der Waals surface area contributed by atoms with Crippen molar-refractivity contribution in [3.05, 3.63) is 205 Å². The molecule has 258 valence electrons. The van der Waals surface area contributed by atoms with Gasteiger partial charge in [0.2, 0.25) is 0 Å². The lowest BCUT2D eigenvalue weighted by Gasteiger charge is -2.25. The standard InChI is InChI=1S/C50H33N5/c1-4-15-32(16-5-1)47-52-48(33-17-6-2-7-18-33)54-49(53-47)44-31-35(30-43-39-23-11-10-21-37(39)38-22-12-13-24-40(38)46(43)44)34-26-27-45-42(29-34)41-25-14-28-51-50(41)55(45)36-19-8-3-9-20-36/h1-31,47H,(H,52,53,54). The van der Waals surface area contributed by atoms with Crippen molar-refractivity contribution in [2.45, 2.75) is 6.17 Å². The minimum absolute atomic E-state index is 0.317. The van der Waals surface area contributed by atoms with Crippen molar-refractivity contribution >= 4 is 65.9 Å². The van der Waals surface area contributed by atoms with Crippen LogP contribution in [0.3, 0.4) is 0 Å². The van der Waals surface area contributed by atoms with Gasteiger partial charge in [0.1, 0.15) is 17.6 Å². The maximum atomic E-state index is 5.34. The third-order valence-corrected chi connectivity index (χ3v) is 10.9. The number of pyridine rings is 1. The fraction of sp³-hybridized carbons (Fsp3) is 0.0200. The summed E-state index contributed by atoms with van der Waals surface area (Å²) in [5, 5.41) is 13.3. The summed E-state index contributed by atoms with van der Waals surface area (Å²) in [6, 6.07) is 64.4. The molecule has 1 aliphatic rings. The molecular weight excluding hydrogens is 671 g/mol. The van der Waals surface area contributed by atoms with Gasteiger partial charge in [-0.25, -0.2) is 15.0 Å². The lowest BCUT2D eigenvalue weighted by atomic mass is 9.88. The van der Waals surface area contributed by atoms with Gasteiger partial charge < -0.3 is 5.32 Å². The van der Waals surface area contributed by atoms with E-state index in [-0.39, 0.29) is 6.17 Å². The molecule has 0 amide bonds. The normalized spacial score (nSPS) is 14.4. The van der Waals surface area contributed by atoms with Crippen LogP contribution < -0.4 is 5.32 Å². The van der Waals surface area contributed by atoms with Crippen LogP contribution in [-0.4, -0.2) is 21.2 Å². The van der Waals surface area contributed by atoms with E-state index in [1.807, 2.05) is 36.5 Å². The predicted molar refractivity (Wildman–Crippen MR) is 228 cm³/mol. The summed E-state index contributed by atoms with van der Waals surface area (Å²) in [5.41, 5.74) is 8.47. The van der Waals surface area contributed by atoms with Gasteiger partial charge >= 0.3 is 0 Å². The first-order chi connectivity index (χ1) is 27.3. The second-order valence-corrected chi connectivity index (χ2v) is 14.1.